The van der Waals surface area contributed by atoms with Crippen LogP contribution in [0.1, 0.15) is 40.0 Å². The van der Waals surface area contributed by atoms with Gasteiger partial charge in [-0.25, -0.2) is 0 Å². The van der Waals surface area contributed by atoms with E-state index in [1.54, 1.807) is 0 Å². The van der Waals surface area contributed by atoms with E-state index < -0.39 is 0 Å². The lowest BCUT2D eigenvalue weighted by atomic mass is 9.74. The molecule has 0 saturated heterocycles. The Labute approximate surface area is 96.1 Å². The zero-order valence-electron chi connectivity index (χ0n) is 10.0. The average Bonchev–Trinajstić information content (AvgIpc) is 2.41. The first-order valence-corrected chi connectivity index (χ1v) is 5.74. The fourth-order valence-electron chi connectivity index (χ4n) is 2.67. The van der Waals surface area contributed by atoms with Gasteiger partial charge in [-0.15, -0.1) is 0 Å². The molecule has 3 nitrogen and oxygen atoms in total. The van der Waals surface area contributed by atoms with Crippen LogP contribution in [0.2, 0.25) is 0 Å². The summed E-state index contributed by atoms with van der Waals surface area (Å²) in [6.07, 6.45) is 1.66. The molecule has 0 spiro atoms. The van der Waals surface area contributed by atoms with Crippen molar-refractivity contribution < 1.29 is 9.53 Å². The van der Waals surface area contributed by atoms with Gasteiger partial charge in [0.25, 0.3) is 0 Å². The normalized spacial score (nSPS) is 32.0. The lowest BCUT2D eigenvalue weighted by Crippen LogP contribution is -2.26. The standard InChI is InChI=1S/C13H17NO2/c1-8-10(4-5-14)16-11-7-13(2,3)6-9(15)12(8)11/h8,10H,4,6-7H2,1-3H3/t8-,10-/m0/s1. The van der Waals surface area contributed by atoms with E-state index in [0.29, 0.717) is 12.8 Å². The second kappa shape index (κ2) is 3.62. The first-order chi connectivity index (χ1) is 7.44. The fourth-order valence-corrected chi connectivity index (χ4v) is 2.67. The van der Waals surface area contributed by atoms with Crippen LogP contribution in [-0.2, 0) is 9.53 Å². The topological polar surface area (TPSA) is 50.1 Å². The zero-order valence-corrected chi connectivity index (χ0v) is 10.0. The van der Waals surface area contributed by atoms with Crippen LogP contribution in [0.15, 0.2) is 11.3 Å². The lowest BCUT2D eigenvalue weighted by Gasteiger charge is -2.28. The summed E-state index contributed by atoms with van der Waals surface area (Å²) in [5, 5.41) is 8.71. The number of hydrogen-bond acceptors (Lipinski definition) is 3. The predicted octanol–water partition coefficient (Wildman–Crippen LogP) is 2.58. The highest BCUT2D eigenvalue weighted by Crippen LogP contribution is 2.45. The molecule has 0 aromatic heterocycles. The van der Waals surface area contributed by atoms with E-state index in [4.69, 9.17) is 10.00 Å². The molecule has 1 heterocycles. The van der Waals surface area contributed by atoms with Gasteiger partial charge in [-0.2, -0.15) is 5.26 Å². The predicted molar refractivity (Wildman–Crippen MR) is 59.3 cm³/mol. The summed E-state index contributed by atoms with van der Waals surface area (Å²) in [5.74, 6) is 1.13. The Hall–Kier alpha value is -1.30. The Morgan fingerprint density at radius 1 is 1.50 bits per heavy atom. The fraction of sp³-hybridized carbons (Fsp3) is 0.692. The number of carbonyl (C=O) groups is 1. The van der Waals surface area contributed by atoms with Gasteiger partial charge in [0, 0.05) is 24.3 Å². The van der Waals surface area contributed by atoms with Crippen molar-refractivity contribution in [3.8, 4) is 6.07 Å². The summed E-state index contributed by atoms with van der Waals surface area (Å²) in [7, 11) is 0. The van der Waals surface area contributed by atoms with Crippen LogP contribution in [0.3, 0.4) is 0 Å². The van der Waals surface area contributed by atoms with Gasteiger partial charge in [0.05, 0.1) is 12.5 Å². The number of carbonyl (C=O) groups excluding carboxylic acids is 1. The summed E-state index contributed by atoms with van der Waals surface area (Å²) in [6.45, 7) is 6.15. The van der Waals surface area contributed by atoms with Crippen molar-refractivity contribution in [3.63, 3.8) is 0 Å². The molecule has 2 atom stereocenters. The molecule has 0 amide bonds. The summed E-state index contributed by atoms with van der Waals surface area (Å²) >= 11 is 0. The molecule has 0 aromatic rings. The third kappa shape index (κ3) is 1.73. The molecule has 1 aliphatic carbocycles. The van der Waals surface area contributed by atoms with Crippen molar-refractivity contribution in [2.45, 2.75) is 46.1 Å². The van der Waals surface area contributed by atoms with E-state index >= 15 is 0 Å². The van der Waals surface area contributed by atoms with E-state index in [1.165, 1.54) is 0 Å². The molecule has 0 bridgehead atoms. The first kappa shape index (κ1) is 11.2. The van der Waals surface area contributed by atoms with E-state index in [0.717, 1.165) is 17.8 Å². The van der Waals surface area contributed by atoms with Gasteiger partial charge in [-0.3, -0.25) is 4.79 Å². The molecule has 0 fully saturated rings. The Kier molecular flexibility index (Phi) is 2.53. The molecule has 1 aliphatic heterocycles. The maximum absolute atomic E-state index is 12.0. The van der Waals surface area contributed by atoms with Gasteiger partial charge in [0.1, 0.15) is 11.9 Å². The Morgan fingerprint density at radius 2 is 2.19 bits per heavy atom. The number of nitriles is 1. The lowest BCUT2D eigenvalue weighted by molar-refractivity contribution is -0.118. The van der Waals surface area contributed by atoms with Crippen LogP contribution in [0.4, 0.5) is 0 Å². The average molecular weight is 219 g/mol. The van der Waals surface area contributed by atoms with E-state index in [-0.39, 0.29) is 23.2 Å². The van der Waals surface area contributed by atoms with Crippen LogP contribution in [-0.4, -0.2) is 11.9 Å². The van der Waals surface area contributed by atoms with Crippen molar-refractivity contribution in [3.05, 3.63) is 11.3 Å². The maximum atomic E-state index is 12.0. The van der Waals surface area contributed by atoms with Crippen molar-refractivity contribution >= 4 is 5.78 Å². The van der Waals surface area contributed by atoms with Crippen LogP contribution in [0.25, 0.3) is 0 Å². The highest BCUT2D eigenvalue weighted by Gasteiger charge is 2.43. The Bertz CT molecular complexity index is 401. The van der Waals surface area contributed by atoms with Gasteiger partial charge in [0.15, 0.2) is 5.78 Å². The van der Waals surface area contributed by atoms with Crippen molar-refractivity contribution in [1.82, 2.24) is 0 Å². The van der Waals surface area contributed by atoms with Crippen LogP contribution in [0.5, 0.6) is 0 Å². The van der Waals surface area contributed by atoms with Crippen LogP contribution in [0, 0.1) is 22.7 Å². The number of nitrogens with zero attached hydrogens (tertiary/aromatic N) is 1. The van der Waals surface area contributed by atoms with Crippen molar-refractivity contribution in [2.75, 3.05) is 0 Å². The highest BCUT2D eigenvalue weighted by molar-refractivity contribution is 5.98. The molecule has 0 radical (unpaired) electrons. The number of allylic oxidation sites excluding steroid dienone is 1. The number of ketones is 1. The largest absolute Gasteiger partial charge is 0.493 e. The summed E-state index contributed by atoms with van der Waals surface area (Å²) in [5.41, 5.74) is 0.844. The van der Waals surface area contributed by atoms with Gasteiger partial charge < -0.3 is 4.74 Å². The molecule has 0 aromatic carbocycles. The minimum absolute atomic E-state index is 0.00281. The number of Topliss-reactive ketones (excluding diaryl/α,β-unsaturated/α-hetero) is 1. The molecule has 86 valence electrons. The van der Waals surface area contributed by atoms with Gasteiger partial charge in [0.2, 0.25) is 0 Å². The first-order valence-electron chi connectivity index (χ1n) is 5.74. The molecular weight excluding hydrogens is 202 g/mol. The summed E-state index contributed by atoms with van der Waals surface area (Å²) in [4.78, 5) is 12.0. The SMILES string of the molecule is C[C@@H]1C2=C(CC(C)(C)CC2=O)O[C@H]1CC#N. The molecule has 2 aliphatic rings. The third-order valence-electron chi connectivity index (χ3n) is 3.48. The molecule has 0 N–H and O–H groups in total. The smallest absolute Gasteiger partial charge is 0.163 e. The molecule has 0 unspecified atom stereocenters. The van der Waals surface area contributed by atoms with Gasteiger partial charge in [-0.1, -0.05) is 20.8 Å². The zero-order chi connectivity index (χ0) is 11.9. The van der Waals surface area contributed by atoms with E-state index in [1.807, 2.05) is 6.92 Å². The van der Waals surface area contributed by atoms with Crippen molar-refractivity contribution in [1.29, 1.82) is 5.26 Å². The monoisotopic (exact) mass is 219 g/mol. The van der Waals surface area contributed by atoms with Crippen LogP contribution < -0.4 is 0 Å². The van der Waals surface area contributed by atoms with E-state index in [2.05, 4.69) is 19.9 Å². The maximum Gasteiger partial charge on any atom is 0.163 e. The van der Waals surface area contributed by atoms with Gasteiger partial charge >= 0.3 is 0 Å². The Balaban J connectivity index is 2.26. The molecular formula is C13H17NO2. The molecule has 16 heavy (non-hydrogen) atoms. The second-order valence-electron chi connectivity index (χ2n) is 5.59. The number of rotatable bonds is 1. The van der Waals surface area contributed by atoms with Crippen LogP contribution >= 0.6 is 0 Å². The number of ether oxygens (including phenoxy) is 1. The minimum atomic E-state index is -0.118. The highest BCUT2D eigenvalue weighted by atomic mass is 16.5. The number of hydrogen-bond donors (Lipinski definition) is 0. The quantitative estimate of drug-likeness (QED) is 0.681. The molecule has 3 heteroatoms. The minimum Gasteiger partial charge on any atom is -0.493 e. The second-order valence-corrected chi connectivity index (χ2v) is 5.59. The van der Waals surface area contributed by atoms with E-state index in [9.17, 15) is 4.79 Å². The Morgan fingerprint density at radius 3 is 2.81 bits per heavy atom. The molecule has 0 saturated carbocycles. The summed E-state index contributed by atoms with van der Waals surface area (Å²) in [6, 6.07) is 2.12. The van der Waals surface area contributed by atoms with Crippen molar-refractivity contribution in [2.24, 2.45) is 11.3 Å². The van der Waals surface area contributed by atoms with Gasteiger partial charge in [-0.05, 0) is 5.41 Å². The molecule has 2 rings (SSSR count). The summed E-state index contributed by atoms with van der Waals surface area (Å²) < 4.78 is 5.76. The third-order valence-corrected chi connectivity index (χ3v) is 3.48.